The van der Waals surface area contributed by atoms with Crippen molar-refractivity contribution in [1.29, 1.82) is 0 Å². The van der Waals surface area contributed by atoms with Gasteiger partial charge in [0.1, 0.15) is 11.3 Å². The molecule has 7 nitrogen and oxygen atoms in total. The molecule has 2 fully saturated rings. The van der Waals surface area contributed by atoms with Crippen molar-refractivity contribution in [2.45, 2.75) is 43.9 Å². The number of hydrogen-bond acceptors (Lipinski definition) is 6. The number of carbonyl (C=O) groups is 1. The molecule has 0 spiro atoms. The molecule has 1 aliphatic carbocycles. The summed E-state index contributed by atoms with van der Waals surface area (Å²) in [6.07, 6.45) is 3.18. The van der Waals surface area contributed by atoms with Crippen LogP contribution in [0.25, 0.3) is 11.3 Å². The summed E-state index contributed by atoms with van der Waals surface area (Å²) in [5, 5.41) is 6.12. The van der Waals surface area contributed by atoms with Crippen molar-refractivity contribution in [3.8, 4) is 11.3 Å². The third-order valence-corrected chi connectivity index (χ3v) is 6.05. The molecule has 30 heavy (non-hydrogen) atoms. The largest absolute Gasteiger partial charge is 0.419 e. The molecule has 2 aromatic heterocycles. The summed E-state index contributed by atoms with van der Waals surface area (Å²) < 4.78 is 42.8. The van der Waals surface area contributed by atoms with Crippen LogP contribution in [0.2, 0.25) is 0 Å². The van der Waals surface area contributed by atoms with Gasteiger partial charge in [-0.15, -0.1) is 0 Å². The summed E-state index contributed by atoms with van der Waals surface area (Å²) in [7, 11) is 0. The second-order valence-electron chi connectivity index (χ2n) is 7.49. The number of anilines is 1. The van der Waals surface area contributed by atoms with E-state index in [1.165, 1.54) is 24.2 Å². The third kappa shape index (κ3) is 4.56. The van der Waals surface area contributed by atoms with E-state index in [2.05, 4.69) is 25.6 Å². The van der Waals surface area contributed by atoms with Gasteiger partial charge >= 0.3 is 6.18 Å². The number of aromatic nitrogens is 3. The molecule has 1 atom stereocenters. The van der Waals surface area contributed by atoms with E-state index in [9.17, 15) is 18.0 Å². The fourth-order valence-corrected chi connectivity index (χ4v) is 4.22. The fraction of sp³-hybridized carbons (Fsp3) is 0.526. The lowest BCUT2D eigenvalue weighted by molar-refractivity contribution is -0.137. The van der Waals surface area contributed by atoms with Gasteiger partial charge in [-0.2, -0.15) is 13.2 Å². The van der Waals surface area contributed by atoms with Crippen LogP contribution < -0.4 is 14.9 Å². The molecule has 0 bridgehead atoms. The Bertz CT molecular complexity index is 908. The van der Waals surface area contributed by atoms with E-state index in [1.54, 1.807) is 0 Å². The van der Waals surface area contributed by atoms with Gasteiger partial charge in [0.25, 0.3) is 5.91 Å². The Morgan fingerprint density at radius 2 is 2.13 bits per heavy atom. The predicted molar refractivity (Wildman–Crippen MR) is 109 cm³/mol. The number of hydrogen-bond donors (Lipinski definition) is 3. The number of amides is 1. The molecule has 1 amide bonds. The zero-order valence-electron chi connectivity index (χ0n) is 16.4. The van der Waals surface area contributed by atoms with E-state index in [0.29, 0.717) is 0 Å². The van der Waals surface area contributed by atoms with E-state index in [-0.39, 0.29) is 40.9 Å². The highest BCUT2D eigenvalue weighted by Crippen LogP contribution is 2.37. The average Bonchev–Trinajstić information content (AvgIpc) is 3.40. The molecule has 1 saturated carbocycles. The summed E-state index contributed by atoms with van der Waals surface area (Å²) in [4.78, 5) is 23.3. The molecule has 3 N–H and O–H groups in total. The van der Waals surface area contributed by atoms with Gasteiger partial charge in [-0.25, -0.2) is 9.97 Å². The monoisotopic (exact) mass is 440 g/mol. The minimum Gasteiger partial charge on any atom is -0.357 e. The summed E-state index contributed by atoms with van der Waals surface area (Å²) in [5.41, 5.74) is -0.752. The first-order chi connectivity index (χ1) is 14.4. The Balaban J connectivity index is 1.68. The lowest BCUT2D eigenvalue weighted by Crippen LogP contribution is -2.43. The van der Waals surface area contributed by atoms with E-state index >= 15 is 0 Å². The number of alkyl halides is 3. The lowest BCUT2D eigenvalue weighted by atomic mass is 10.1. The molecule has 162 valence electrons. The van der Waals surface area contributed by atoms with Crippen LogP contribution in [0, 0.1) is 0 Å². The van der Waals surface area contributed by atoms with Crippen molar-refractivity contribution in [2.24, 2.45) is 0 Å². The molecule has 3 heterocycles. The van der Waals surface area contributed by atoms with Crippen LogP contribution in [0.4, 0.5) is 19.1 Å². The normalized spacial score (nSPS) is 19.5. The highest BCUT2D eigenvalue weighted by atomic mass is 32.2. The van der Waals surface area contributed by atoms with Gasteiger partial charge in [0.05, 0.1) is 11.7 Å². The first kappa shape index (κ1) is 21.0. The van der Waals surface area contributed by atoms with Crippen LogP contribution in [0.1, 0.15) is 41.7 Å². The Morgan fingerprint density at radius 1 is 1.33 bits per heavy atom. The molecule has 1 unspecified atom stereocenters. The number of carbonyl (C=O) groups excluding carboxylic acids is 1. The van der Waals surface area contributed by atoms with Crippen LogP contribution >= 0.6 is 11.9 Å². The molecular weight excluding hydrogens is 417 g/mol. The van der Waals surface area contributed by atoms with Crippen molar-refractivity contribution in [1.82, 2.24) is 25.6 Å². The van der Waals surface area contributed by atoms with Crippen LogP contribution in [0.5, 0.6) is 0 Å². The number of piperidine rings is 1. The van der Waals surface area contributed by atoms with Crippen molar-refractivity contribution in [3.63, 3.8) is 0 Å². The molecule has 1 saturated heterocycles. The Morgan fingerprint density at radius 3 is 2.77 bits per heavy atom. The van der Waals surface area contributed by atoms with Gasteiger partial charge in [-0.1, -0.05) is 11.9 Å². The van der Waals surface area contributed by atoms with Crippen molar-refractivity contribution >= 4 is 23.8 Å². The van der Waals surface area contributed by atoms with Crippen LogP contribution in [-0.2, 0) is 6.18 Å². The fourth-order valence-electron chi connectivity index (χ4n) is 3.49. The third-order valence-electron chi connectivity index (χ3n) is 5.19. The maximum atomic E-state index is 13.7. The Kier molecular flexibility index (Phi) is 5.92. The standard InChI is InChI=1S/C19H23F3N6OS/c1-30-28(13-3-2-6-23-9-13)18-25-10-14(19(20,21)22)16(27-18)11-7-15(24-8-11)17(29)26-12-4-5-12/h7-8,10,12-13,23-24H,2-6,9H2,1H3,(H,26,29). The second kappa shape index (κ2) is 8.46. The number of halogens is 3. The van der Waals surface area contributed by atoms with Crippen LogP contribution in [-0.4, -0.2) is 52.3 Å². The first-order valence-corrected chi connectivity index (χ1v) is 11.0. The minimum atomic E-state index is -4.61. The average molecular weight is 440 g/mol. The SMILES string of the molecule is CSN(c1ncc(C(F)(F)F)c(-c2c[nH]c(C(=O)NC3CC3)c2)n1)C1CCCNC1. The highest BCUT2D eigenvalue weighted by Gasteiger charge is 2.37. The van der Waals surface area contributed by atoms with Crippen molar-refractivity contribution in [2.75, 3.05) is 23.7 Å². The van der Waals surface area contributed by atoms with Crippen molar-refractivity contribution < 1.29 is 18.0 Å². The topological polar surface area (TPSA) is 85.9 Å². The van der Waals surface area contributed by atoms with Gasteiger partial charge in [0.15, 0.2) is 0 Å². The number of aromatic amines is 1. The molecule has 2 aromatic rings. The molecular formula is C19H23F3N6OS. The minimum absolute atomic E-state index is 0.0874. The number of nitrogens with one attached hydrogen (secondary N) is 3. The molecule has 4 rings (SSSR count). The molecule has 0 aromatic carbocycles. The van der Waals surface area contributed by atoms with Gasteiger partial charge < -0.3 is 15.6 Å². The summed E-state index contributed by atoms with van der Waals surface area (Å²) >= 11 is 1.39. The van der Waals surface area contributed by atoms with Crippen molar-refractivity contribution in [3.05, 3.63) is 29.7 Å². The Labute approximate surface area is 176 Å². The molecule has 0 radical (unpaired) electrons. The van der Waals surface area contributed by atoms with Crippen LogP contribution in [0.3, 0.4) is 0 Å². The summed E-state index contributed by atoms with van der Waals surface area (Å²) in [5.74, 6) is -0.102. The number of rotatable bonds is 6. The number of nitrogens with zero attached hydrogens (tertiary/aromatic N) is 3. The maximum Gasteiger partial charge on any atom is 0.419 e. The maximum absolute atomic E-state index is 13.7. The van der Waals surface area contributed by atoms with Gasteiger partial charge in [-0.05, 0) is 38.3 Å². The lowest BCUT2D eigenvalue weighted by Gasteiger charge is -2.33. The molecule has 2 aliphatic rings. The summed E-state index contributed by atoms with van der Waals surface area (Å²) in [6, 6.07) is 1.65. The zero-order chi connectivity index (χ0) is 21.3. The predicted octanol–water partition coefficient (Wildman–Crippen LogP) is 3.22. The van der Waals surface area contributed by atoms with Gasteiger partial charge in [-0.3, -0.25) is 9.10 Å². The van der Waals surface area contributed by atoms with Crippen LogP contribution in [0.15, 0.2) is 18.5 Å². The summed E-state index contributed by atoms with van der Waals surface area (Å²) in [6.45, 7) is 1.64. The number of H-pyrrole nitrogens is 1. The Hall–Kier alpha value is -2.27. The van der Waals surface area contributed by atoms with E-state index in [4.69, 9.17) is 0 Å². The molecule has 11 heteroatoms. The first-order valence-electron chi connectivity index (χ1n) is 9.84. The van der Waals surface area contributed by atoms with Gasteiger partial charge in [0, 0.05) is 36.8 Å². The van der Waals surface area contributed by atoms with E-state index < -0.39 is 11.7 Å². The zero-order valence-corrected chi connectivity index (χ0v) is 17.2. The van der Waals surface area contributed by atoms with E-state index in [1.807, 2.05) is 10.6 Å². The highest BCUT2D eigenvalue weighted by molar-refractivity contribution is 8.00. The smallest absolute Gasteiger partial charge is 0.357 e. The quantitative estimate of drug-likeness (QED) is 0.598. The van der Waals surface area contributed by atoms with E-state index in [0.717, 1.165) is 45.0 Å². The van der Waals surface area contributed by atoms with Gasteiger partial charge in [0.2, 0.25) is 5.95 Å². The molecule has 1 aliphatic heterocycles. The second-order valence-corrected chi connectivity index (χ2v) is 8.25.